The summed E-state index contributed by atoms with van der Waals surface area (Å²) in [7, 11) is 3.22. The van der Waals surface area contributed by atoms with Crippen molar-refractivity contribution in [2.75, 3.05) is 20.8 Å². The monoisotopic (exact) mass is 230 g/mol. The first kappa shape index (κ1) is 12.1. The first-order valence-corrected chi connectivity index (χ1v) is 4.89. The molecule has 1 aromatic rings. The second kappa shape index (κ2) is 5.79. The molecular weight excluding hydrogens is 216 g/mol. The summed E-state index contributed by atoms with van der Waals surface area (Å²) in [6, 6.07) is 1.43. The molecule has 84 valence electrons. The van der Waals surface area contributed by atoms with Crippen LogP contribution in [-0.2, 0) is 16.0 Å². The van der Waals surface area contributed by atoms with Crippen LogP contribution in [0.2, 0.25) is 0 Å². The molecule has 5 nitrogen and oxygen atoms in total. The molecule has 0 aliphatic heterocycles. The molecule has 0 aliphatic rings. The summed E-state index contributed by atoms with van der Waals surface area (Å²) >= 11 is 5.00. The molecule has 0 spiro atoms. The lowest BCUT2D eigenvalue weighted by Crippen LogP contribution is -2.25. The molecule has 0 radical (unpaired) electrons. The number of nitrogens with zero attached hydrogens (tertiary/aromatic N) is 1. The van der Waals surface area contributed by atoms with Gasteiger partial charge in [0.2, 0.25) is 0 Å². The zero-order valence-electron chi connectivity index (χ0n) is 8.73. The molecule has 1 unspecified atom stereocenters. The van der Waals surface area contributed by atoms with E-state index in [0.29, 0.717) is 17.9 Å². The molecule has 1 aromatic heterocycles. The molecule has 0 bridgehead atoms. The van der Waals surface area contributed by atoms with Gasteiger partial charge in [-0.05, 0) is 12.2 Å². The minimum Gasteiger partial charge on any atom is -0.382 e. The van der Waals surface area contributed by atoms with Crippen LogP contribution in [0, 0.1) is 4.77 Å². The van der Waals surface area contributed by atoms with E-state index in [1.54, 1.807) is 25.0 Å². The Labute approximate surface area is 92.7 Å². The van der Waals surface area contributed by atoms with E-state index in [1.165, 1.54) is 6.07 Å². The fraction of sp³-hybridized carbons (Fsp3) is 0.556. The molecule has 1 heterocycles. The van der Waals surface area contributed by atoms with E-state index in [9.17, 15) is 4.79 Å². The van der Waals surface area contributed by atoms with E-state index in [-0.39, 0.29) is 11.7 Å². The molecule has 1 atom stereocenters. The highest BCUT2D eigenvalue weighted by atomic mass is 32.1. The van der Waals surface area contributed by atoms with Crippen LogP contribution in [0.4, 0.5) is 0 Å². The molecule has 0 aliphatic carbocycles. The van der Waals surface area contributed by atoms with Crippen molar-refractivity contribution in [3.8, 4) is 0 Å². The van der Waals surface area contributed by atoms with Gasteiger partial charge in [-0.15, -0.1) is 0 Å². The topological polar surface area (TPSA) is 56.2 Å². The minimum atomic E-state index is -0.197. The highest BCUT2D eigenvalue weighted by molar-refractivity contribution is 7.71. The zero-order valence-corrected chi connectivity index (χ0v) is 9.54. The van der Waals surface area contributed by atoms with Crippen LogP contribution in [0.3, 0.4) is 0 Å². The Hall–Kier alpha value is -0.980. The Morgan fingerprint density at radius 3 is 2.87 bits per heavy atom. The summed E-state index contributed by atoms with van der Waals surface area (Å²) in [6.07, 6.45) is 1.57. The van der Waals surface area contributed by atoms with Gasteiger partial charge in [-0.3, -0.25) is 9.78 Å². The number of hydrogen-bond acceptors (Lipinski definition) is 4. The number of H-pyrrole nitrogens is 1. The Balaban J connectivity index is 2.79. The highest BCUT2D eigenvalue weighted by Gasteiger charge is 2.07. The van der Waals surface area contributed by atoms with Crippen molar-refractivity contribution in [3.05, 3.63) is 27.4 Å². The number of methoxy groups -OCH3 is 2. The normalized spacial score (nSPS) is 12.7. The van der Waals surface area contributed by atoms with E-state index in [2.05, 4.69) is 4.98 Å². The molecule has 0 fully saturated rings. The average Bonchev–Trinajstić information content (AvgIpc) is 2.21. The third-order valence-corrected chi connectivity index (χ3v) is 2.32. The van der Waals surface area contributed by atoms with Gasteiger partial charge in [0.05, 0.1) is 19.3 Å². The fourth-order valence-electron chi connectivity index (χ4n) is 1.19. The van der Waals surface area contributed by atoms with E-state index in [4.69, 9.17) is 21.7 Å². The molecule has 0 aromatic carbocycles. The van der Waals surface area contributed by atoms with Gasteiger partial charge >= 0.3 is 0 Å². The van der Waals surface area contributed by atoms with Crippen molar-refractivity contribution >= 4 is 12.2 Å². The summed E-state index contributed by atoms with van der Waals surface area (Å²) in [6.45, 7) is 1.04. The molecule has 0 saturated carbocycles. The second-order valence-corrected chi connectivity index (χ2v) is 3.46. The molecule has 0 amide bonds. The van der Waals surface area contributed by atoms with E-state index >= 15 is 0 Å². The minimum absolute atomic E-state index is 0.0763. The quantitative estimate of drug-likeness (QED) is 0.751. The van der Waals surface area contributed by atoms with Gasteiger partial charge in [0, 0.05) is 26.5 Å². The largest absolute Gasteiger partial charge is 0.382 e. The van der Waals surface area contributed by atoms with Crippen molar-refractivity contribution < 1.29 is 9.47 Å². The average molecular weight is 230 g/mol. The van der Waals surface area contributed by atoms with Crippen LogP contribution in [0.1, 0.15) is 0 Å². The molecule has 15 heavy (non-hydrogen) atoms. The standard InChI is InChI=1S/C9H14N2O3S/c1-13-6-7(14-2)5-11-4-3-8(12)10-9(11)15/h3-4,7H,5-6H2,1-2H3,(H,10,12,15). The van der Waals surface area contributed by atoms with Crippen molar-refractivity contribution in [2.45, 2.75) is 12.6 Å². The lowest BCUT2D eigenvalue weighted by molar-refractivity contribution is 0.0179. The maximum atomic E-state index is 10.9. The Morgan fingerprint density at radius 1 is 1.60 bits per heavy atom. The van der Waals surface area contributed by atoms with Crippen molar-refractivity contribution in [1.29, 1.82) is 0 Å². The van der Waals surface area contributed by atoms with E-state index < -0.39 is 0 Å². The summed E-state index contributed by atoms with van der Waals surface area (Å²) in [4.78, 5) is 13.5. The van der Waals surface area contributed by atoms with Gasteiger partial charge in [-0.2, -0.15) is 0 Å². The summed E-state index contributed by atoms with van der Waals surface area (Å²) in [5.41, 5.74) is -0.197. The smallest absolute Gasteiger partial charge is 0.251 e. The van der Waals surface area contributed by atoms with Gasteiger partial charge in [-0.25, -0.2) is 0 Å². The first-order chi connectivity index (χ1) is 7.17. The third kappa shape index (κ3) is 3.58. The number of rotatable bonds is 5. The number of ether oxygens (including phenoxy) is 2. The number of aromatic nitrogens is 2. The Kier molecular flexibility index (Phi) is 4.67. The second-order valence-electron chi connectivity index (χ2n) is 3.08. The third-order valence-electron chi connectivity index (χ3n) is 1.98. The van der Waals surface area contributed by atoms with Gasteiger partial charge in [0.15, 0.2) is 4.77 Å². The molecule has 6 heteroatoms. The van der Waals surface area contributed by atoms with Crippen molar-refractivity contribution in [1.82, 2.24) is 9.55 Å². The maximum Gasteiger partial charge on any atom is 0.251 e. The first-order valence-electron chi connectivity index (χ1n) is 4.49. The summed E-state index contributed by atoms with van der Waals surface area (Å²) in [5.74, 6) is 0. The lowest BCUT2D eigenvalue weighted by atomic mass is 10.3. The maximum absolute atomic E-state index is 10.9. The van der Waals surface area contributed by atoms with Crippen LogP contribution in [0.25, 0.3) is 0 Å². The van der Waals surface area contributed by atoms with Gasteiger partial charge < -0.3 is 14.0 Å². The van der Waals surface area contributed by atoms with Gasteiger partial charge in [-0.1, -0.05) is 0 Å². The van der Waals surface area contributed by atoms with Crippen LogP contribution < -0.4 is 5.56 Å². The van der Waals surface area contributed by atoms with Crippen molar-refractivity contribution in [3.63, 3.8) is 0 Å². The van der Waals surface area contributed by atoms with Crippen molar-refractivity contribution in [2.24, 2.45) is 0 Å². The van der Waals surface area contributed by atoms with Crippen LogP contribution in [-0.4, -0.2) is 36.5 Å². The lowest BCUT2D eigenvalue weighted by Gasteiger charge is -2.15. The zero-order chi connectivity index (χ0) is 11.3. The Morgan fingerprint density at radius 2 is 2.33 bits per heavy atom. The summed E-state index contributed by atoms with van der Waals surface area (Å²) in [5, 5.41) is 0. The Bertz CT molecular complexity index is 412. The SMILES string of the molecule is COCC(Cn1ccc(=O)[nH]c1=S)OC. The predicted molar refractivity (Wildman–Crippen MR) is 58.6 cm³/mol. The van der Waals surface area contributed by atoms with Gasteiger partial charge in [0.1, 0.15) is 0 Å². The summed E-state index contributed by atoms with van der Waals surface area (Å²) < 4.78 is 12.3. The molecule has 1 N–H and O–H groups in total. The van der Waals surface area contributed by atoms with E-state index in [1.807, 2.05) is 0 Å². The molecule has 1 rings (SSSR count). The van der Waals surface area contributed by atoms with Crippen LogP contribution >= 0.6 is 12.2 Å². The highest BCUT2D eigenvalue weighted by Crippen LogP contribution is 1.97. The van der Waals surface area contributed by atoms with E-state index in [0.717, 1.165) is 0 Å². The number of nitrogens with one attached hydrogen (secondary N) is 1. The van der Waals surface area contributed by atoms with Crippen LogP contribution in [0.5, 0.6) is 0 Å². The number of hydrogen-bond donors (Lipinski definition) is 1. The predicted octanol–water partition coefficient (Wildman–Crippen LogP) is 0.567. The molecular formula is C9H14N2O3S. The van der Waals surface area contributed by atoms with Gasteiger partial charge in [0.25, 0.3) is 5.56 Å². The molecule has 0 saturated heterocycles. The van der Waals surface area contributed by atoms with Crippen LogP contribution in [0.15, 0.2) is 17.1 Å². The fourth-order valence-corrected chi connectivity index (χ4v) is 1.42. The number of aromatic amines is 1.